The number of ether oxygens (including phenoxy) is 1. The molecule has 1 aliphatic rings. The van der Waals surface area contributed by atoms with E-state index in [1.807, 2.05) is 30.3 Å². The van der Waals surface area contributed by atoms with E-state index in [1.54, 1.807) is 0 Å². The first-order chi connectivity index (χ1) is 15.6. The number of hydrogen-bond donors (Lipinski definition) is 0. The van der Waals surface area contributed by atoms with Crippen LogP contribution in [0.25, 0.3) is 21.7 Å². The maximum absolute atomic E-state index is 14.0. The van der Waals surface area contributed by atoms with Crippen molar-refractivity contribution in [3.05, 3.63) is 81.5 Å². The molecule has 0 radical (unpaired) electrons. The maximum atomic E-state index is 14.0. The highest BCUT2D eigenvalue weighted by atomic mass is 79.9. The number of morpholine rings is 1. The highest BCUT2D eigenvalue weighted by Gasteiger charge is 2.24. The van der Waals surface area contributed by atoms with Crippen molar-refractivity contribution in [2.24, 2.45) is 0 Å². The zero-order valence-electron chi connectivity index (χ0n) is 18.5. The van der Waals surface area contributed by atoms with E-state index in [9.17, 15) is 4.79 Å². The highest BCUT2D eigenvalue weighted by molar-refractivity contribution is 9.10. The van der Waals surface area contributed by atoms with Crippen LogP contribution in [0.5, 0.6) is 0 Å². The molecule has 1 fully saturated rings. The molecule has 164 valence electrons. The van der Waals surface area contributed by atoms with Crippen LogP contribution in [0.1, 0.15) is 27.2 Å². The van der Waals surface area contributed by atoms with Crippen molar-refractivity contribution in [1.82, 2.24) is 9.47 Å². The summed E-state index contributed by atoms with van der Waals surface area (Å²) in [5, 5.41) is 3.08. The van der Waals surface area contributed by atoms with Crippen LogP contribution in [-0.2, 0) is 11.3 Å². The van der Waals surface area contributed by atoms with Crippen LogP contribution in [0.2, 0.25) is 0 Å². The molecule has 4 nitrogen and oxygen atoms in total. The van der Waals surface area contributed by atoms with Crippen molar-refractivity contribution in [3.63, 3.8) is 0 Å². The molecule has 1 aromatic heterocycles. The predicted molar refractivity (Wildman–Crippen MR) is 134 cm³/mol. The van der Waals surface area contributed by atoms with E-state index in [0.717, 1.165) is 76.8 Å². The molecule has 0 bridgehead atoms. The summed E-state index contributed by atoms with van der Waals surface area (Å²) < 4.78 is 8.84. The second-order valence-electron chi connectivity index (χ2n) is 8.51. The van der Waals surface area contributed by atoms with E-state index < -0.39 is 0 Å². The van der Waals surface area contributed by atoms with E-state index in [4.69, 9.17) is 4.74 Å². The van der Waals surface area contributed by atoms with Crippen molar-refractivity contribution in [2.45, 2.75) is 20.4 Å². The van der Waals surface area contributed by atoms with Crippen molar-refractivity contribution in [1.29, 1.82) is 0 Å². The molecule has 4 aromatic rings. The Morgan fingerprint density at radius 3 is 2.41 bits per heavy atom. The maximum Gasteiger partial charge on any atom is 0.196 e. The summed E-state index contributed by atoms with van der Waals surface area (Å²) in [4.78, 5) is 16.4. The Morgan fingerprint density at radius 2 is 1.62 bits per heavy atom. The number of nitrogens with zero attached hydrogens (tertiary/aromatic N) is 2. The number of halogens is 1. The Kier molecular flexibility index (Phi) is 5.89. The summed E-state index contributed by atoms with van der Waals surface area (Å²) in [6.07, 6.45) is 0. The van der Waals surface area contributed by atoms with Gasteiger partial charge in [0.15, 0.2) is 5.78 Å². The van der Waals surface area contributed by atoms with Crippen LogP contribution >= 0.6 is 15.9 Å². The number of para-hydroxylation sites is 1. The quantitative estimate of drug-likeness (QED) is 0.334. The number of carbonyl (C=O) groups excluding carboxylic acids is 1. The topological polar surface area (TPSA) is 34.5 Å². The number of benzene rings is 3. The molecular weight excluding hydrogens is 464 g/mol. The lowest BCUT2D eigenvalue weighted by molar-refractivity contribution is 0.0365. The lowest BCUT2D eigenvalue weighted by Crippen LogP contribution is -2.38. The molecule has 5 heteroatoms. The molecule has 0 saturated carbocycles. The summed E-state index contributed by atoms with van der Waals surface area (Å²) in [6.45, 7) is 9.57. The lowest BCUT2D eigenvalue weighted by atomic mass is 9.95. The van der Waals surface area contributed by atoms with Gasteiger partial charge >= 0.3 is 0 Å². The predicted octanol–water partition coefficient (Wildman–Crippen LogP) is 5.74. The number of aryl methyl sites for hydroxylation is 1. The highest BCUT2D eigenvalue weighted by Crippen LogP contribution is 2.33. The largest absolute Gasteiger partial charge is 0.379 e. The Morgan fingerprint density at radius 1 is 0.906 bits per heavy atom. The molecule has 0 aliphatic carbocycles. The molecule has 1 saturated heterocycles. The van der Waals surface area contributed by atoms with Crippen LogP contribution in [0, 0.1) is 13.8 Å². The van der Waals surface area contributed by atoms with Gasteiger partial charge in [-0.1, -0.05) is 58.4 Å². The molecule has 1 aliphatic heterocycles. The van der Waals surface area contributed by atoms with Gasteiger partial charge in [-0.2, -0.15) is 0 Å². The Balaban J connectivity index is 1.62. The van der Waals surface area contributed by atoms with Gasteiger partial charge in [0.2, 0.25) is 0 Å². The zero-order chi connectivity index (χ0) is 22.2. The number of hydrogen-bond acceptors (Lipinski definition) is 3. The van der Waals surface area contributed by atoms with Crippen molar-refractivity contribution < 1.29 is 9.53 Å². The molecule has 5 rings (SSSR count). The van der Waals surface area contributed by atoms with Gasteiger partial charge < -0.3 is 9.30 Å². The second kappa shape index (κ2) is 8.81. The molecule has 0 amide bonds. The van der Waals surface area contributed by atoms with Crippen LogP contribution in [0.3, 0.4) is 0 Å². The molecule has 32 heavy (non-hydrogen) atoms. The van der Waals surface area contributed by atoms with Crippen molar-refractivity contribution in [3.8, 4) is 0 Å². The SMILES string of the molecule is Cc1cccc2c(C(=O)c3ccc(Br)c4ccccc34)c(C)n(CCN3CCOCC3)c12. The first-order valence-corrected chi connectivity index (χ1v) is 12.0. The van der Waals surface area contributed by atoms with Crippen LogP contribution < -0.4 is 0 Å². The van der Waals surface area contributed by atoms with Gasteiger partial charge in [-0.3, -0.25) is 9.69 Å². The monoisotopic (exact) mass is 490 g/mol. The summed E-state index contributed by atoms with van der Waals surface area (Å²) in [5.74, 6) is 0.0897. The molecular formula is C27H27BrN2O2. The first-order valence-electron chi connectivity index (χ1n) is 11.2. The summed E-state index contributed by atoms with van der Waals surface area (Å²) in [5.41, 5.74) is 4.98. The van der Waals surface area contributed by atoms with Gasteiger partial charge in [-0.25, -0.2) is 0 Å². The third-order valence-corrected chi connectivity index (χ3v) is 7.32. The summed E-state index contributed by atoms with van der Waals surface area (Å²) in [6, 6.07) is 18.3. The fourth-order valence-electron chi connectivity index (χ4n) is 4.94. The minimum absolute atomic E-state index is 0.0897. The number of fused-ring (bicyclic) bond motifs is 2. The van der Waals surface area contributed by atoms with Crippen LogP contribution in [0.4, 0.5) is 0 Å². The Bertz CT molecular complexity index is 1320. The van der Waals surface area contributed by atoms with Gasteiger partial charge in [0.1, 0.15) is 0 Å². The smallest absolute Gasteiger partial charge is 0.196 e. The van der Waals surface area contributed by atoms with Crippen LogP contribution in [0.15, 0.2) is 59.1 Å². The number of carbonyl (C=O) groups is 1. The third-order valence-electron chi connectivity index (χ3n) is 6.63. The lowest BCUT2D eigenvalue weighted by Gasteiger charge is -2.27. The second-order valence-corrected chi connectivity index (χ2v) is 9.36. The third kappa shape index (κ3) is 3.68. The fraction of sp³-hybridized carbons (Fsp3) is 0.296. The van der Waals surface area contributed by atoms with E-state index in [-0.39, 0.29) is 5.78 Å². The van der Waals surface area contributed by atoms with E-state index >= 15 is 0 Å². The van der Waals surface area contributed by atoms with E-state index in [0.29, 0.717) is 0 Å². The van der Waals surface area contributed by atoms with Crippen molar-refractivity contribution >= 4 is 43.4 Å². The summed E-state index contributed by atoms with van der Waals surface area (Å²) in [7, 11) is 0. The normalized spacial score (nSPS) is 15.0. The Labute approximate surface area is 196 Å². The standard InChI is InChI=1S/C27H27BrN2O2/c1-18-6-5-9-23-25(19(2)30(26(18)23)13-12-29-14-16-32-17-15-29)27(31)22-10-11-24(28)21-8-4-3-7-20(21)22/h3-11H,12-17H2,1-2H3. The Hall–Kier alpha value is -2.47. The minimum Gasteiger partial charge on any atom is -0.379 e. The molecule has 3 aromatic carbocycles. The zero-order valence-corrected chi connectivity index (χ0v) is 20.1. The van der Waals surface area contributed by atoms with Gasteiger partial charge in [-0.05, 0) is 42.3 Å². The number of aromatic nitrogens is 1. The average Bonchev–Trinajstić information content (AvgIpc) is 3.10. The van der Waals surface area contributed by atoms with E-state index in [1.165, 1.54) is 11.1 Å². The number of ketones is 1. The number of rotatable bonds is 5. The molecule has 0 unspecified atom stereocenters. The fourth-order valence-corrected chi connectivity index (χ4v) is 5.42. The molecule has 2 heterocycles. The average molecular weight is 491 g/mol. The van der Waals surface area contributed by atoms with Gasteiger partial charge in [0.05, 0.1) is 24.3 Å². The van der Waals surface area contributed by atoms with Gasteiger partial charge in [0.25, 0.3) is 0 Å². The first kappa shape index (κ1) is 21.4. The minimum atomic E-state index is 0.0897. The van der Waals surface area contributed by atoms with Gasteiger partial charge in [-0.15, -0.1) is 0 Å². The molecule has 0 N–H and O–H groups in total. The summed E-state index contributed by atoms with van der Waals surface area (Å²) >= 11 is 3.63. The van der Waals surface area contributed by atoms with Crippen molar-refractivity contribution in [2.75, 3.05) is 32.8 Å². The molecule has 0 spiro atoms. The van der Waals surface area contributed by atoms with E-state index in [2.05, 4.69) is 63.5 Å². The van der Waals surface area contributed by atoms with Gasteiger partial charge in [0, 0.05) is 47.3 Å². The van der Waals surface area contributed by atoms with Crippen LogP contribution in [-0.4, -0.2) is 48.1 Å². The molecule has 0 atom stereocenters.